The van der Waals surface area contributed by atoms with Crippen molar-refractivity contribution in [3.05, 3.63) is 49.4 Å². The summed E-state index contributed by atoms with van der Waals surface area (Å²) in [6.45, 7) is 1.84. The Labute approximate surface area is 125 Å². The zero-order chi connectivity index (χ0) is 14.0. The number of thiazole rings is 1. The molecule has 0 N–H and O–H groups in total. The molecule has 0 bridgehead atoms. The summed E-state index contributed by atoms with van der Waals surface area (Å²) in [6, 6.07) is 5.34. The van der Waals surface area contributed by atoms with E-state index in [4.69, 9.17) is 23.2 Å². The second-order valence-electron chi connectivity index (χ2n) is 3.92. The number of esters is 1. The summed E-state index contributed by atoms with van der Waals surface area (Å²) in [5.74, 6) is -0.415. The lowest BCUT2D eigenvalue weighted by Gasteiger charge is -2.02. The van der Waals surface area contributed by atoms with E-state index in [1.165, 1.54) is 18.4 Å². The molecule has 1 aromatic heterocycles. The normalized spacial score (nSPS) is 10.5. The van der Waals surface area contributed by atoms with Gasteiger partial charge in [-0.25, -0.2) is 9.78 Å². The number of ether oxygens (including phenoxy) is 1. The number of methoxy groups -OCH3 is 1. The molecule has 0 fully saturated rings. The minimum Gasteiger partial charge on any atom is -0.464 e. The van der Waals surface area contributed by atoms with Crippen molar-refractivity contribution in [2.75, 3.05) is 7.11 Å². The number of aryl methyl sites for hydroxylation is 1. The number of rotatable bonds is 3. The summed E-state index contributed by atoms with van der Waals surface area (Å²) >= 11 is 13.4. The van der Waals surface area contributed by atoms with Crippen LogP contribution in [0.4, 0.5) is 0 Å². The van der Waals surface area contributed by atoms with Crippen LogP contribution >= 0.6 is 34.5 Å². The average Bonchev–Trinajstić information content (AvgIpc) is 2.73. The lowest BCUT2D eigenvalue weighted by Crippen LogP contribution is -2.03. The van der Waals surface area contributed by atoms with E-state index in [0.29, 0.717) is 22.2 Å². The molecule has 6 heteroatoms. The Morgan fingerprint density at radius 3 is 2.79 bits per heavy atom. The molecule has 2 rings (SSSR count). The molecule has 0 saturated heterocycles. The Bertz CT molecular complexity index is 625. The van der Waals surface area contributed by atoms with Gasteiger partial charge in [0.25, 0.3) is 0 Å². The van der Waals surface area contributed by atoms with Crippen LogP contribution in [0.1, 0.15) is 25.9 Å². The maximum absolute atomic E-state index is 11.5. The summed E-state index contributed by atoms with van der Waals surface area (Å²) in [4.78, 5) is 16.6. The van der Waals surface area contributed by atoms with Crippen LogP contribution in [0.2, 0.25) is 10.0 Å². The topological polar surface area (TPSA) is 39.2 Å². The molecule has 19 heavy (non-hydrogen) atoms. The molecule has 0 atom stereocenters. The van der Waals surface area contributed by atoms with Crippen molar-refractivity contribution in [1.29, 1.82) is 0 Å². The molecule has 1 aromatic carbocycles. The predicted octanol–water partition coefficient (Wildman–Crippen LogP) is 4.14. The van der Waals surface area contributed by atoms with Gasteiger partial charge in [-0.1, -0.05) is 29.3 Å². The van der Waals surface area contributed by atoms with E-state index in [0.717, 1.165) is 15.4 Å². The van der Waals surface area contributed by atoms with Crippen LogP contribution in [-0.2, 0) is 11.2 Å². The van der Waals surface area contributed by atoms with E-state index in [-0.39, 0.29) is 0 Å². The molecule has 0 spiro atoms. The van der Waals surface area contributed by atoms with E-state index in [1.807, 2.05) is 13.0 Å². The van der Waals surface area contributed by atoms with Gasteiger partial charge in [0.2, 0.25) is 0 Å². The van der Waals surface area contributed by atoms with Gasteiger partial charge in [0.1, 0.15) is 0 Å². The summed E-state index contributed by atoms with van der Waals surface area (Å²) in [7, 11) is 1.34. The van der Waals surface area contributed by atoms with Gasteiger partial charge in [-0.3, -0.25) is 0 Å². The minimum absolute atomic E-state index is 0.368. The molecule has 100 valence electrons. The fourth-order valence-electron chi connectivity index (χ4n) is 1.64. The molecule has 2 aromatic rings. The first-order chi connectivity index (χ1) is 9.01. The Hall–Kier alpha value is -1.10. The monoisotopic (exact) mass is 315 g/mol. The molecule has 0 aliphatic carbocycles. The second kappa shape index (κ2) is 5.90. The first-order valence-corrected chi connectivity index (χ1v) is 7.07. The highest BCUT2D eigenvalue weighted by molar-refractivity contribution is 7.11. The standard InChI is InChI=1S/C13H11Cl2NO2S/c1-7-12(13(17)18-2)16-11(19-7)5-8-3-4-9(14)6-10(8)15/h3-4,6H,5H2,1-2H3. The number of benzene rings is 1. The fourth-order valence-corrected chi connectivity index (χ4v) is 3.06. The first kappa shape index (κ1) is 14.3. The Balaban J connectivity index is 2.26. The third-order valence-corrected chi connectivity index (χ3v) is 4.13. The number of aromatic nitrogens is 1. The summed E-state index contributed by atoms with van der Waals surface area (Å²) in [5, 5.41) is 2.02. The van der Waals surface area contributed by atoms with Crippen molar-refractivity contribution < 1.29 is 9.53 Å². The van der Waals surface area contributed by atoms with Crippen molar-refractivity contribution in [3.8, 4) is 0 Å². The number of halogens is 2. The smallest absolute Gasteiger partial charge is 0.357 e. The predicted molar refractivity (Wildman–Crippen MR) is 77.5 cm³/mol. The van der Waals surface area contributed by atoms with E-state index in [9.17, 15) is 4.79 Å². The number of hydrogen-bond donors (Lipinski definition) is 0. The van der Waals surface area contributed by atoms with Gasteiger partial charge in [0.05, 0.1) is 12.1 Å². The molecule has 0 saturated carbocycles. The maximum Gasteiger partial charge on any atom is 0.357 e. The largest absolute Gasteiger partial charge is 0.464 e. The Morgan fingerprint density at radius 2 is 2.16 bits per heavy atom. The quantitative estimate of drug-likeness (QED) is 0.799. The zero-order valence-electron chi connectivity index (χ0n) is 10.4. The van der Waals surface area contributed by atoms with E-state index in [1.54, 1.807) is 12.1 Å². The third-order valence-electron chi connectivity index (χ3n) is 2.58. The molecular formula is C13H11Cl2NO2S. The van der Waals surface area contributed by atoms with Crippen molar-refractivity contribution in [2.24, 2.45) is 0 Å². The molecule has 0 amide bonds. The number of carbonyl (C=O) groups is 1. The third kappa shape index (κ3) is 3.26. The van der Waals surface area contributed by atoms with Crippen LogP contribution in [0.15, 0.2) is 18.2 Å². The highest BCUT2D eigenvalue weighted by Crippen LogP contribution is 2.26. The van der Waals surface area contributed by atoms with Gasteiger partial charge in [0.15, 0.2) is 5.69 Å². The van der Waals surface area contributed by atoms with Crippen LogP contribution in [-0.4, -0.2) is 18.1 Å². The van der Waals surface area contributed by atoms with Gasteiger partial charge >= 0.3 is 5.97 Å². The Morgan fingerprint density at radius 1 is 1.42 bits per heavy atom. The molecule has 0 unspecified atom stereocenters. The molecule has 3 nitrogen and oxygen atoms in total. The minimum atomic E-state index is -0.415. The molecule has 0 aliphatic heterocycles. The molecule has 0 radical (unpaired) electrons. The van der Waals surface area contributed by atoms with Gasteiger partial charge in [-0.05, 0) is 24.6 Å². The van der Waals surface area contributed by atoms with E-state index < -0.39 is 5.97 Å². The SMILES string of the molecule is COC(=O)c1nc(Cc2ccc(Cl)cc2Cl)sc1C. The number of nitrogens with zero attached hydrogens (tertiary/aromatic N) is 1. The van der Waals surface area contributed by atoms with Crippen molar-refractivity contribution in [3.63, 3.8) is 0 Å². The summed E-state index contributed by atoms with van der Waals surface area (Å²) in [6.07, 6.45) is 0.568. The average molecular weight is 316 g/mol. The molecule has 0 aliphatic rings. The van der Waals surface area contributed by atoms with E-state index in [2.05, 4.69) is 9.72 Å². The Kier molecular flexibility index (Phi) is 4.45. The van der Waals surface area contributed by atoms with Crippen molar-refractivity contribution >= 4 is 40.5 Å². The first-order valence-electron chi connectivity index (χ1n) is 5.50. The summed E-state index contributed by atoms with van der Waals surface area (Å²) < 4.78 is 4.68. The highest BCUT2D eigenvalue weighted by atomic mass is 35.5. The van der Waals surface area contributed by atoms with Gasteiger partial charge < -0.3 is 4.74 Å². The highest BCUT2D eigenvalue weighted by Gasteiger charge is 2.16. The summed E-state index contributed by atoms with van der Waals surface area (Å²) in [5.41, 5.74) is 1.30. The van der Waals surface area contributed by atoms with Crippen LogP contribution in [0.5, 0.6) is 0 Å². The number of hydrogen-bond acceptors (Lipinski definition) is 4. The molecule has 1 heterocycles. The lowest BCUT2D eigenvalue weighted by atomic mass is 10.1. The number of carbonyl (C=O) groups excluding carboxylic acids is 1. The van der Waals surface area contributed by atoms with E-state index >= 15 is 0 Å². The maximum atomic E-state index is 11.5. The van der Waals surface area contributed by atoms with Gasteiger partial charge in [0, 0.05) is 21.3 Å². The van der Waals surface area contributed by atoms with Gasteiger partial charge in [-0.15, -0.1) is 11.3 Å². The van der Waals surface area contributed by atoms with Crippen LogP contribution in [0, 0.1) is 6.92 Å². The lowest BCUT2D eigenvalue weighted by molar-refractivity contribution is 0.0594. The van der Waals surface area contributed by atoms with Crippen LogP contribution in [0.3, 0.4) is 0 Å². The van der Waals surface area contributed by atoms with Crippen LogP contribution in [0.25, 0.3) is 0 Å². The van der Waals surface area contributed by atoms with Crippen LogP contribution < -0.4 is 0 Å². The zero-order valence-corrected chi connectivity index (χ0v) is 12.7. The van der Waals surface area contributed by atoms with Gasteiger partial charge in [-0.2, -0.15) is 0 Å². The molecular weight excluding hydrogens is 305 g/mol. The fraction of sp³-hybridized carbons (Fsp3) is 0.231. The van der Waals surface area contributed by atoms with Crippen molar-refractivity contribution in [1.82, 2.24) is 4.98 Å². The second-order valence-corrected chi connectivity index (χ2v) is 6.05. The van der Waals surface area contributed by atoms with Crippen molar-refractivity contribution in [2.45, 2.75) is 13.3 Å².